The molecule has 18 heavy (non-hydrogen) atoms. The Morgan fingerprint density at radius 2 is 1.61 bits per heavy atom. The summed E-state index contributed by atoms with van der Waals surface area (Å²) in [5.41, 5.74) is 1.42. The molecule has 1 heterocycles. The fraction of sp³-hybridized carbons (Fsp3) is 0.231. The van der Waals surface area contributed by atoms with Crippen LogP contribution in [0.1, 0.15) is 25.7 Å². The van der Waals surface area contributed by atoms with E-state index >= 15 is 0 Å². The minimum atomic E-state index is -1.43. The van der Waals surface area contributed by atoms with Crippen LogP contribution in [0.2, 0.25) is 0 Å². The van der Waals surface area contributed by atoms with Crippen molar-refractivity contribution in [3.63, 3.8) is 0 Å². The van der Waals surface area contributed by atoms with Crippen LogP contribution >= 0.6 is 27.3 Å². The van der Waals surface area contributed by atoms with Crippen LogP contribution in [0.3, 0.4) is 0 Å². The zero-order chi connectivity index (χ0) is 13.4. The molecule has 96 valence electrons. The molecule has 0 nitrogen and oxygen atoms in total. The first-order chi connectivity index (χ1) is 8.40. The van der Waals surface area contributed by atoms with Crippen molar-refractivity contribution in [3.05, 3.63) is 56.5 Å². The Labute approximate surface area is 116 Å². The van der Waals surface area contributed by atoms with Gasteiger partial charge in [-0.25, -0.2) is 13.2 Å². The van der Waals surface area contributed by atoms with Crippen LogP contribution in [-0.4, -0.2) is 0 Å². The Hall–Kier alpha value is -0.810. The molecule has 0 fully saturated rings. The summed E-state index contributed by atoms with van der Waals surface area (Å²) < 4.78 is 39.3. The fourth-order valence-electron chi connectivity index (χ4n) is 1.78. The zero-order valence-corrected chi connectivity index (χ0v) is 12.1. The van der Waals surface area contributed by atoms with Gasteiger partial charge in [0.2, 0.25) is 0 Å². The molecule has 0 amide bonds. The third kappa shape index (κ3) is 2.47. The first-order valence-corrected chi connectivity index (χ1v) is 6.98. The fourth-order valence-corrected chi connectivity index (χ4v) is 3.73. The van der Waals surface area contributed by atoms with E-state index in [1.54, 1.807) is 11.3 Å². The summed E-state index contributed by atoms with van der Waals surface area (Å²) >= 11 is 4.95. The van der Waals surface area contributed by atoms with Crippen LogP contribution in [-0.2, 0) is 0 Å². The van der Waals surface area contributed by atoms with Crippen LogP contribution in [0.4, 0.5) is 13.2 Å². The number of hydrogen-bond acceptors (Lipinski definition) is 1. The topological polar surface area (TPSA) is 0 Å². The quantitative estimate of drug-likeness (QED) is 0.518. The summed E-state index contributed by atoms with van der Waals surface area (Å²) in [4.78, 5) is 1.76. The minimum absolute atomic E-state index is 0.333. The van der Waals surface area contributed by atoms with E-state index in [1.807, 2.05) is 19.9 Å². The van der Waals surface area contributed by atoms with Gasteiger partial charge in [-0.3, -0.25) is 0 Å². The van der Waals surface area contributed by atoms with Gasteiger partial charge in [-0.15, -0.1) is 11.3 Å². The molecular weight excluding hydrogens is 325 g/mol. The van der Waals surface area contributed by atoms with Gasteiger partial charge in [0.25, 0.3) is 0 Å². The first kappa shape index (κ1) is 13.6. The second-order valence-electron chi connectivity index (χ2n) is 4.07. The second-order valence-corrected chi connectivity index (χ2v) is 6.27. The van der Waals surface area contributed by atoms with E-state index < -0.39 is 17.5 Å². The molecule has 0 saturated heterocycles. The Bertz CT molecular complexity index is 569. The van der Waals surface area contributed by atoms with Gasteiger partial charge in [0.05, 0.1) is 4.83 Å². The summed E-state index contributed by atoms with van der Waals surface area (Å²) in [6.07, 6.45) is 0. The number of rotatable bonds is 2. The summed E-state index contributed by atoms with van der Waals surface area (Å²) in [5, 5.41) is 0. The zero-order valence-electron chi connectivity index (χ0n) is 9.73. The van der Waals surface area contributed by atoms with Gasteiger partial charge >= 0.3 is 0 Å². The molecule has 0 saturated carbocycles. The molecule has 1 aromatic carbocycles. The van der Waals surface area contributed by atoms with Gasteiger partial charge in [-0.2, -0.15) is 0 Å². The second kappa shape index (κ2) is 5.05. The Balaban J connectivity index is 2.46. The molecule has 0 aliphatic carbocycles. The van der Waals surface area contributed by atoms with E-state index in [4.69, 9.17) is 0 Å². The van der Waals surface area contributed by atoms with E-state index in [2.05, 4.69) is 15.9 Å². The molecule has 0 aliphatic heterocycles. The number of aryl methyl sites for hydroxylation is 2. The Kier molecular flexibility index (Phi) is 3.82. The van der Waals surface area contributed by atoms with E-state index in [1.165, 1.54) is 0 Å². The molecular formula is C13H10BrF3S. The predicted molar refractivity (Wildman–Crippen MR) is 70.9 cm³/mol. The highest BCUT2D eigenvalue weighted by Gasteiger charge is 2.19. The average Bonchev–Trinajstić information content (AvgIpc) is 2.63. The Morgan fingerprint density at radius 1 is 1.06 bits per heavy atom. The van der Waals surface area contributed by atoms with E-state index in [9.17, 15) is 13.2 Å². The highest BCUT2D eigenvalue weighted by Crippen LogP contribution is 2.38. The molecule has 1 atom stereocenters. The number of thiophene rings is 1. The first-order valence-electron chi connectivity index (χ1n) is 5.25. The molecule has 0 spiro atoms. The average molecular weight is 335 g/mol. The van der Waals surface area contributed by atoms with Crippen LogP contribution < -0.4 is 0 Å². The smallest absolute Gasteiger partial charge is 0.194 e. The van der Waals surface area contributed by atoms with Crippen molar-refractivity contribution in [2.75, 3.05) is 0 Å². The molecule has 1 aromatic heterocycles. The van der Waals surface area contributed by atoms with Gasteiger partial charge in [0.15, 0.2) is 17.5 Å². The lowest BCUT2D eigenvalue weighted by Crippen LogP contribution is -1.98. The van der Waals surface area contributed by atoms with Gasteiger partial charge in [-0.05, 0) is 43.2 Å². The highest BCUT2D eigenvalue weighted by atomic mass is 79.9. The van der Waals surface area contributed by atoms with Crippen molar-refractivity contribution in [1.29, 1.82) is 0 Å². The van der Waals surface area contributed by atoms with Gasteiger partial charge in [-0.1, -0.05) is 15.9 Å². The highest BCUT2D eigenvalue weighted by molar-refractivity contribution is 9.09. The standard InChI is InChI=1S/C13H10BrF3S/c1-6-3-7(2)18-13(6)11(14)8-4-9(15)12(17)10(16)5-8/h3-5,11H,1-2H3. The lowest BCUT2D eigenvalue weighted by molar-refractivity contribution is 0.445. The van der Waals surface area contributed by atoms with Crippen molar-refractivity contribution >= 4 is 27.3 Å². The van der Waals surface area contributed by atoms with Crippen LogP contribution in [0.5, 0.6) is 0 Å². The summed E-state index contributed by atoms with van der Waals surface area (Å²) in [7, 11) is 0. The van der Waals surface area contributed by atoms with Crippen LogP contribution in [0.15, 0.2) is 18.2 Å². The van der Waals surface area contributed by atoms with Crippen molar-refractivity contribution in [3.8, 4) is 0 Å². The summed E-state index contributed by atoms with van der Waals surface area (Å²) in [5.74, 6) is -3.77. The molecule has 1 unspecified atom stereocenters. The maximum Gasteiger partial charge on any atom is 0.194 e. The SMILES string of the molecule is Cc1cc(C)c(C(Br)c2cc(F)c(F)c(F)c2)s1. The van der Waals surface area contributed by atoms with Gasteiger partial charge in [0, 0.05) is 9.75 Å². The Morgan fingerprint density at radius 3 is 2.06 bits per heavy atom. The van der Waals surface area contributed by atoms with Gasteiger partial charge < -0.3 is 0 Å². The summed E-state index contributed by atoms with van der Waals surface area (Å²) in [6.45, 7) is 3.90. The van der Waals surface area contributed by atoms with Crippen molar-refractivity contribution < 1.29 is 13.2 Å². The lowest BCUT2D eigenvalue weighted by atomic mass is 10.1. The third-order valence-corrected chi connectivity index (χ3v) is 5.12. The molecule has 5 heteroatoms. The molecule has 0 radical (unpaired) electrons. The molecule has 2 aromatic rings. The lowest BCUT2D eigenvalue weighted by Gasteiger charge is -2.10. The molecule has 2 rings (SSSR count). The maximum absolute atomic E-state index is 13.2. The van der Waals surface area contributed by atoms with E-state index in [0.29, 0.717) is 5.56 Å². The molecule has 0 bridgehead atoms. The number of benzene rings is 1. The van der Waals surface area contributed by atoms with Gasteiger partial charge in [0.1, 0.15) is 0 Å². The normalized spacial score (nSPS) is 12.8. The molecule has 0 aliphatic rings. The van der Waals surface area contributed by atoms with E-state index in [-0.39, 0.29) is 4.83 Å². The monoisotopic (exact) mass is 334 g/mol. The minimum Gasteiger partial charge on any atom is -0.204 e. The van der Waals surface area contributed by atoms with Crippen molar-refractivity contribution in [2.45, 2.75) is 18.7 Å². The van der Waals surface area contributed by atoms with Crippen molar-refractivity contribution in [1.82, 2.24) is 0 Å². The summed E-state index contributed by atoms with van der Waals surface area (Å²) in [6, 6.07) is 4.04. The predicted octanol–water partition coefficient (Wildman–Crippen LogP) is 5.27. The third-order valence-electron chi connectivity index (χ3n) is 2.61. The largest absolute Gasteiger partial charge is 0.204 e. The van der Waals surface area contributed by atoms with E-state index in [0.717, 1.165) is 27.5 Å². The number of hydrogen-bond donors (Lipinski definition) is 0. The van der Waals surface area contributed by atoms with Crippen LogP contribution in [0.25, 0.3) is 0 Å². The van der Waals surface area contributed by atoms with Crippen molar-refractivity contribution in [2.24, 2.45) is 0 Å². The number of alkyl halides is 1. The number of halogens is 4. The molecule has 0 N–H and O–H groups in total. The maximum atomic E-state index is 13.2. The van der Waals surface area contributed by atoms with Crippen LogP contribution in [0, 0.1) is 31.3 Å².